The first-order valence-corrected chi connectivity index (χ1v) is 4.88. The van der Waals surface area contributed by atoms with E-state index in [1.54, 1.807) is 0 Å². The molecule has 1 fully saturated rings. The highest BCUT2D eigenvalue weighted by atomic mass is 16.6. The first-order valence-electron chi connectivity index (χ1n) is 4.88. The van der Waals surface area contributed by atoms with Crippen LogP contribution in [0, 0.1) is 0 Å². The summed E-state index contributed by atoms with van der Waals surface area (Å²) in [5, 5.41) is 2.83. The number of carbonyl (C=O) groups excluding carboxylic acids is 1. The molecule has 3 heteroatoms. The van der Waals surface area contributed by atoms with Gasteiger partial charge in [-0.2, -0.15) is 0 Å². The quantitative estimate of drug-likeness (QED) is 0.675. The van der Waals surface area contributed by atoms with E-state index in [2.05, 4.69) is 17.4 Å². The molecule has 14 heavy (non-hydrogen) atoms. The molecule has 72 valence electrons. The number of ether oxygens (including phenoxy) is 1. The maximum atomic E-state index is 11.2. The van der Waals surface area contributed by atoms with Crippen LogP contribution in [0.4, 0.5) is 4.79 Å². The molecule has 0 saturated carbocycles. The fourth-order valence-corrected chi connectivity index (χ4v) is 2.32. The van der Waals surface area contributed by atoms with Crippen LogP contribution in [0.15, 0.2) is 24.3 Å². The number of nitrogens with one attached hydrogen (secondary N) is 1. The summed E-state index contributed by atoms with van der Waals surface area (Å²) in [5.74, 6) is 0. The fourth-order valence-electron chi connectivity index (χ4n) is 2.32. The van der Waals surface area contributed by atoms with Crippen LogP contribution in [0.3, 0.4) is 0 Å². The van der Waals surface area contributed by atoms with Crippen LogP contribution >= 0.6 is 0 Å². The van der Waals surface area contributed by atoms with Gasteiger partial charge in [-0.05, 0) is 17.5 Å². The number of hydrogen-bond donors (Lipinski definition) is 1. The van der Waals surface area contributed by atoms with Crippen molar-refractivity contribution in [1.29, 1.82) is 0 Å². The van der Waals surface area contributed by atoms with Crippen molar-refractivity contribution >= 4 is 6.09 Å². The molecule has 3 nitrogen and oxygen atoms in total. The summed E-state index contributed by atoms with van der Waals surface area (Å²) in [7, 11) is 0. The minimum absolute atomic E-state index is 0.0290. The molecule has 2 atom stereocenters. The summed E-state index contributed by atoms with van der Waals surface area (Å²) >= 11 is 0. The molecule has 1 N–H and O–H groups in total. The molecular weight excluding hydrogens is 178 g/mol. The third kappa shape index (κ3) is 1.09. The molecule has 0 unspecified atom stereocenters. The number of fused-ring (bicyclic) bond motifs is 4. The molecule has 2 aliphatic rings. The van der Waals surface area contributed by atoms with E-state index >= 15 is 0 Å². The van der Waals surface area contributed by atoms with Gasteiger partial charge in [-0.15, -0.1) is 0 Å². The van der Waals surface area contributed by atoms with Crippen molar-refractivity contribution in [2.24, 2.45) is 0 Å². The van der Waals surface area contributed by atoms with E-state index in [1.165, 1.54) is 11.1 Å². The van der Waals surface area contributed by atoms with Gasteiger partial charge in [0.1, 0.15) is 6.10 Å². The molecule has 0 aromatic heterocycles. The molecule has 3 rings (SSSR count). The highest BCUT2D eigenvalue weighted by molar-refractivity contribution is 5.69. The van der Waals surface area contributed by atoms with Gasteiger partial charge in [-0.3, -0.25) is 0 Å². The minimum atomic E-state index is -0.277. The van der Waals surface area contributed by atoms with Crippen molar-refractivity contribution in [3.05, 3.63) is 35.4 Å². The van der Waals surface area contributed by atoms with Crippen LogP contribution in [-0.2, 0) is 11.2 Å². The first-order chi connectivity index (χ1) is 6.83. The number of benzene rings is 1. The normalized spacial score (nSPS) is 28.7. The molecule has 0 radical (unpaired) electrons. The Bertz CT molecular complexity index is 389. The van der Waals surface area contributed by atoms with Gasteiger partial charge < -0.3 is 10.1 Å². The molecule has 1 aromatic carbocycles. The SMILES string of the molecule is O=C1N[C@H]2Cc3ccccc3[C@H](C2)O1. The van der Waals surface area contributed by atoms with E-state index in [1.807, 2.05) is 12.1 Å². The average molecular weight is 189 g/mol. The van der Waals surface area contributed by atoms with E-state index in [0.717, 1.165) is 12.8 Å². The summed E-state index contributed by atoms with van der Waals surface area (Å²) in [6, 6.07) is 8.44. The Morgan fingerprint density at radius 3 is 3.14 bits per heavy atom. The monoisotopic (exact) mass is 189 g/mol. The smallest absolute Gasteiger partial charge is 0.407 e. The predicted octanol–water partition coefficient (Wildman–Crippen LogP) is 1.78. The molecule has 1 aliphatic carbocycles. The molecular formula is C11H11NO2. The van der Waals surface area contributed by atoms with Crippen molar-refractivity contribution in [3.63, 3.8) is 0 Å². The minimum Gasteiger partial charge on any atom is -0.441 e. The number of alkyl carbamates (subject to hydrolysis) is 1. The van der Waals surface area contributed by atoms with Crippen LogP contribution in [0.1, 0.15) is 23.7 Å². The lowest BCUT2D eigenvalue weighted by Gasteiger charge is -2.36. The number of hydrogen-bond acceptors (Lipinski definition) is 2. The molecule has 1 amide bonds. The van der Waals surface area contributed by atoms with Crippen LogP contribution in [-0.4, -0.2) is 12.1 Å². The Morgan fingerprint density at radius 1 is 1.36 bits per heavy atom. The van der Waals surface area contributed by atoms with E-state index in [0.29, 0.717) is 0 Å². The lowest BCUT2D eigenvalue weighted by atomic mass is 9.85. The lowest BCUT2D eigenvalue weighted by molar-refractivity contribution is 0.0516. The van der Waals surface area contributed by atoms with E-state index in [-0.39, 0.29) is 18.2 Å². The van der Waals surface area contributed by atoms with Gasteiger partial charge in [0.15, 0.2) is 0 Å². The molecule has 1 saturated heterocycles. The van der Waals surface area contributed by atoms with Crippen LogP contribution in [0.5, 0.6) is 0 Å². The number of rotatable bonds is 0. The van der Waals surface area contributed by atoms with Crippen LogP contribution in [0.2, 0.25) is 0 Å². The largest absolute Gasteiger partial charge is 0.441 e. The topological polar surface area (TPSA) is 38.3 Å². The fraction of sp³-hybridized carbons (Fsp3) is 0.364. The second kappa shape index (κ2) is 2.74. The first kappa shape index (κ1) is 7.85. The Labute approximate surface area is 82.1 Å². The maximum absolute atomic E-state index is 11.2. The number of carbonyl (C=O) groups is 1. The second-order valence-corrected chi connectivity index (χ2v) is 3.87. The van der Waals surface area contributed by atoms with Crippen molar-refractivity contribution in [1.82, 2.24) is 5.32 Å². The van der Waals surface area contributed by atoms with E-state index < -0.39 is 0 Å². The predicted molar refractivity (Wildman–Crippen MR) is 50.9 cm³/mol. The summed E-state index contributed by atoms with van der Waals surface area (Å²) in [6.45, 7) is 0. The highest BCUT2D eigenvalue weighted by Crippen LogP contribution is 2.34. The molecule has 1 heterocycles. The Hall–Kier alpha value is -1.51. The Morgan fingerprint density at radius 2 is 2.21 bits per heavy atom. The van der Waals surface area contributed by atoms with Gasteiger partial charge in [0.05, 0.1) is 0 Å². The number of amides is 1. The summed E-state index contributed by atoms with van der Waals surface area (Å²) < 4.78 is 5.23. The van der Waals surface area contributed by atoms with Gasteiger partial charge in [-0.25, -0.2) is 4.79 Å². The summed E-state index contributed by atoms with van der Waals surface area (Å²) in [5.41, 5.74) is 2.48. The molecule has 0 spiro atoms. The van der Waals surface area contributed by atoms with Gasteiger partial charge >= 0.3 is 6.09 Å². The van der Waals surface area contributed by atoms with Crippen molar-refractivity contribution in [3.8, 4) is 0 Å². The van der Waals surface area contributed by atoms with Crippen molar-refractivity contribution in [2.75, 3.05) is 0 Å². The Kier molecular flexibility index (Phi) is 1.54. The zero-order valence-electron chi connectivity index (χ0n) is 7.69. The van der Waals surface area contributed by atoms with E-state index in [9.17, 15) is 4.79 Å². The third-order valence-corrected chi connectivity index (χ3v) is 2.94. The zero-order chi connectivity index (χ0) is 9.54. The van der Waals surface area contributed by atoms with Crippen molar-refractivity contribution in [2.45, 2.75) is 25.0 Å². The second-order valence-electron chi connectivity index (χ2n) is 3.87. The van der Waals surface area contributed by atoms with Crippen molar-refractivity contribution < 1.29 is 9.53 Å². The molecule has 1 aromatic rings. The average Bonchev–Trinajstić information content (AvgIpc) is 2.17. The van der Waals surface area contributed by atoms with Gasteiger partial charge in [0.2, 0.25) is 0 Å². The summed E-state index contributed by atoms with van der Waals surface area (Å²) in [6.07, 6.45) is 1.53. The Balaban J connectivity index is 2.05. The summed E-state index contributed by atoms with van der Waals surface area (Å²) in [4.78, 5) is 11.2. The van der Waals surface area contributed by atoms with Gasteiger partial charge in [-0.1, -0.05) is 24.3 Å². The lowest BCUT2D eigenvalue weighted by Crippen LogP contribution is -2.46. The highest BCUT2D eigenvalue weighted by Gasteiger charge is 2.34. The molecule has 1 aliphatic heterocycles. The zero-order valence-corrected chi connectivity index (χ0v) is 7.69. The maximum Gasteiger partial charge on any atom is 0.407 e. The van der Waals surface area contributed by atoms with E-state index in [4.69, 9.17) is 4.74 Å². The van der Waals surface area contributed by atoms with Crippen LogP contribution in [0.25, 0.3) is 0 Å². The standard InChI is InChI=1S/C11H11NO2/c13-11-12-8-5-7-3-1-2-4-9(7)10(6-8)14-11/h1-4,8,10H,5-6H2,(H,12,13)/t8-,10-/m0/s1. The van der Waals surface area contributed by atoms with Crippen LogP contribution < -0.4 is 5.32 Å². The third-order valence-electron chi connectivity index (χ3n) is 2.94. The molecule has 2 bridgehead atoms. The van der Waals surface area contributed by atoms with Gasteiger partial charge in [0.25, 0.3) is 0 Å². The van der Waals surface area contributed by atoms with Gasteiger partial charge in [0, 0.05) is 12.5 Å².